The summed E-state index contributed by atoms with van der Waals surface area (Å²) in [7, 11) is 0. The van der Waals surface area contributed by atoms with Gasteiger partial charge in [0, 0.05) is 25.4 Å². The van der Waals surface area contributed by atoms with Crippen LogP contribution in [0.2, 0.25) is 0 Å². The maximum Gasteiger partial charge on any atom is 0.0855 e. The maximum absolute atomic E-state index is 11.1. The SMILES string of the molecule is OC1(CC2OCCc3ccccc32)CCN2CCC1C2. The quantitative estimate of drug-likeness (QED) is 0.896. The fourth-order valence-electron chi connectivity index (χ4n) is 4.27. The van der Waals surface area contributed by atoms with Crippen molar-refractivity contribution < 1.29 is 9.84 Å². The van der Waals surface area contributed by atoms with E-state index in [1.54, 1.807) is 0 Å². The van der Waals surface area contributed by atoms with E-state index in [1.165, 1.54) is 11.1 Å². The monoisotopic (exact) mass is 273 g/mol. The fraction of sp³-hybridized carbons (Fsp3) is 0.647. The van der Waals surface area contributed by atoms with Gasteiger partial charge < -0.3 is 14.7 Å². The van der Waals surface area contributed by atoms with Crippen LogP contribution in [0.15, 0.2) is 24.3 Å². The number of fused-ring (bicyclic) bond motifs is 3. The van der Waals surface area contributed by atoms with Crippen LogP contribution in [-0.2, 0) is 11.2 Å². The maximum atomic E-state index is 11.1. The van der Waals surface area contributed by atoms with Gasteiger partial charge in [0.15, 0.2) is 0 Å². The highest BCUT2D eigenvalue weighted by Crippen LogP contribution is 2.43. The van der Waals surface area contributed by atoms with E-state index >= 15 is 0 Å². The van der Waals surface area contributed by atoms with E-state index in [4.69, 9.17) is 4.74 Å². The molecule has 3 aliphatic rings. The summed E-state index contributed by atoms with van der Waals surface area (Å²) in [6, 6.07) is 8.56. The van der Waals surface area contributed by atoms with Crippen LogP contribution in [0.1, 0.15) is 36.5 Å². The number of rotatable bonds is 2. The summed E-state index contributed by atoms with van der Waals surface area (Å²) in [6.45, 7) is 4.07. The Labute approximate surface area is 120 Å². The number of nitrogens with zero attached hydrogens (tertiary/aromatic N) is 1. The van der Waals surface area contributed by atoms with Crippen molar-refractivity contribution in [1.29, 1.82) is 0 Å². The molecule has 108 valence electrons. The Morgan fingerprint density at radius 3 is 3.15 bits per heavy atom. The molecule has 2 fully saturated rings. The third-order valence-electron chi connectivity index (χ3n) is 5.52. The van der Waals surface area contributed by atoms with Gasteiger partial charge in [0.1, 0.15) is 0 Å². The third-order valence-corrected chi connectivity index (χ3v) is 5.52. The number of hydrogen-bond acceptors (Lipinski definition) is 3. The zero-order chi connectivity index (χ0) is 13.6. The Balaban J connectivity index is 1.57. The van der Waals surface area contributed by atoms with E-state index in [9.17, 15) is 5.11 Å². The summed E-state index contributed by atoms with van der Waals surface area (Å²) in [5.74, 6) is 0.439. The fourth-order valence-corrected chi connectivity index (χ4v) is 4.27. The summed E-state index contributed by atoms with van der Waals surface area (Å²) in [5.41, 5.74) is 2.17. The standard InChI is InChI=1S/C17H23NO2/c19-17(7-9-18-8-5-14(17)12-18)11-16-15-4-2-1-3-13(15)6-10-20-16/h1-4,14,16,19H,5-12H2. The third kappa shape index (κ3) is 2.09. The van der Waals surface area contributed by atoms with Crippen molar-refractivity contribution in [2.75, 3.05) is 26.2 Å². The van der Waals surface area contributed by atoms with Crippen LogP contribution in [0, 0.1) is 5.92 Å². The molecule has 1 aromatic rings. The largest absolute Gasteiger partial charge is 0.389 e. The van der Waals surface area contributed by atoms with Gasteiger partial charge in [0.2, 0.25) is 0 Å². The molecule has 3 heterocycles. The van der Waals surface area contributed by atoms with E-state index in [0.717, 1.165) is 51.9 Å². The van der Waals surface area contributed by atoms with Gasteiger partial charge in [-0.25, -0.2) is 0 Å². The lowest BCUT2D eigenvalue weighted by Gasteiger charge is -2.41. The van der Waals surface area contributed by atoms with Crippen molar-refractivity contribution in [3.63, 3.8) is 0 Å². The minimum atomic E-state index is -0.526. The van der Waals surface area contributed by atoms with Crippen LogP contribution in [0.25, 0.3) is 0 Å². The van der Waals surface area contributed by atoms with E-state index in [2.05, 4.69) is 29.2 Å². The van der Waals surface area contributed by atoms with Crippen LogP contribution in [-0.4, -0.2) is 41.8 Å². The summed E-state index contributed by atoms with van der Waals surface area (Å²) in [6.07, 6.45) is 3.90. The second kappa shape index (κ2) is 4.83. The van der Waals surface area contributed by atoms with Crippen molar-refractivity contribution in [2.45, 2.75) is 37.4 Å². The van der Waals surface area contributed by atoms with Gasteiger partial charge in [0.25, 0.3) is 0 Å². The lowest BCUT2D eigenvalue weighted by atomic mass is 9.76. The summed E-state index contributed by atoms with van der Waals surface area (Å²) in [5, 5.41) is 11.1. The van der Waals surface area contributed by atoms with Gasteiger partial charge in [-0.05, 0) is 36.9 Å². The Hall–Kier alpha value is -0.900. The smallest absolute Gasteiger partial charge is 0.0855 e. The summed E-state index contributed by atoms with van der Waals surface area (Å²) in [4.78, 5) is 2.48. The first-order valence-corrected chi connectivity index (χ1v) is 7.89. The lowest BCUT2D eigenvalue weighted by molar-refractivity contribution is -0.0936. The summed E-state index contributed by atoms with van der Waals surface area (Å²) >= 11 is 0. The highest BCUT2D eigenvalue weighted by atomic mass is 16.5. The Morgan fingerprint density at radius 1 is 1.30 bits per heavy atom. The van der Waals surface area contributed by atoms with Crippen LogP contribution in [0.5, 0.6) is 0 Å². The zero-order valence-corrected chi connectivity index (χ0v) is 11.9. The molecule has 0 aromatic heterocycles. The molecule has 20 heavy (non-hydrogen) atoms. The Kier molecular flexibility index (Phi) is 3.09. The Bertz CT molecular complexity index is 504. The van der Waals surface area contributed by atoms with Gasteiger partial charge in [0.05, 0.1) is 18.3 Å². The van der Waals surface area contributed by atoms with Crippen LogP contribution < -0.4 is 0 Å². The first kappa shape index (κ1) is 12.8. The second-order valence-corrected chi connectivity index (χ2v) is 6.65. The summed E-state index contributed by atoms with van der Waals surface area (Å²) < 4.78 is 6.01. The van der Waals surface area contributed by atoms with E-state index in [0.29, 0.717) is 5.92 Å². The molecule has 4 rings (SSSR count). The van der Waals surface area contributed by atoms with Gasteiger partial charge in [-0.2, -0.15) is 0 Å². The van der Waals surface area contributed by atoms with Crippen molar-refractivity contribution in [3.05, 3.63) is 35.4 Å². The molecule has 1 N–H and O–H groups in total. The molecule has 0 amide bonds. The number of benzene rings is 1. The predicted molar refractivity (Wildman–Crippen MR) is 77.6 cm³/mol. The minimum Gasteiger partial charge on any atom is -0.389 e. The number of hydrogen-bond donors (Lipinski definition) is 1. The predicted octanol–water partition coefficient (Wildman–Crippen LogP) is 2.15. The molecule has 2 bridgehead atoms. The average Bonchev–Trinajstić information content (AvgIpc) is 2.90. The van der Waals surface area contributed by atoms with Gasteiger partial charge in [-0.15, -0.1) is 0 Å². The molecule has 2 saturated heterocycles. The van der Waals surface area contributed by atoms with Crippen LogP contribution in [0.4, 0.5) is 0 Å². The van der Waals surface area contributed by atoms with Crippen molar-refractivity contribution in [2.24, 2.45) is 5.92 Å². The average molecular weight is 273 g/mol. The molecule has 3 aliphatic heterocycles. The molecule has 0 saturated carbocycles. The molecule has 0 aliphatic carbocycles. The molecule has 4 atom stereocenters. The number of ether oxygens (including phenoxy) is 1. The van der Waals surface area contributed by atoms with E-state index in [1.807, 2.05) is 0 Å². The van der Waals surface area contributed by atoms with Crippen LogP contribution in [0.3, 0.4) is 0 Å². The van der Waals surface area contributed by atoms with Crippen molar-refractivity contribution in [1.82, 2.24) is 4.90 Å². The molecular weight excluding hydrogens is 250 g/mol. The highest BCUT2D eigenvalue weighted by Gasteiger charge is 2.46. The number of piperidine rings is 1. The van der Waals surface area contributed by atoms with Crippen LogP contribution >= 0.6 is 0 Å². The molecule has 3 heteroatoms. The molecule has 1 aromatic carbocycles. The normalized spacial score (nSPS) is 39.5. The number of aliphatic hydroxyl groups is 1. The molecule has 4 unspecified atom stereocenters. The minimum absolute atomic E-state index is 0.0806. The topological polar surface area (TPSA) is 32.7 Å². The lowest BCUT2D eigenvalue weighted by Crippen LogP contribution is -2.47. The molecular formula is C17H23NO2. The highest BCUT2D eigenvalue weighted by molar-refractivity contribution is 5.31. The molecule has 0 radical (unpaired) electrons. The first-order chi connectivity index (χ1) is 9.74. The van der Waals surface area contributed by atoms with E-state index in [-0.39, 0.29) is 6.10 Å². The van der Waals surface area contributed by atoms with Gasteiger partial charge >= 0.3 is 0 Å². The molecule has 3 nitrogen and oxygen atoms in total. The van der Waals surface area contributed by atoms with Gasteiger partial charge in [-0.3, -0.25) is 0 Å². The van der Waals surface area contributed by atoms with Gasteiger partial charge in [-0.1, -0.05) is 24.3 Å². The zero-order valence-electron chi connectivity index (χ0n) is 11.9. The van der Waals surface area contributed by atoms with Crippen molar-refractivity contribution in [3.8, 4) is 0 Å². The molecule has 0 spiro atoms. The van der Waals surface area contributed by atoms with E-state index < -0.39 is 5.60 Å². The van der Waals surface area contributed by atoms with Crippen molar-refractivity contribution >= 4 is 0 Å². The Morgan fingerprint density at radius 2 is 2.20 bits per heavy atom. The second-order valence-electron chi connectivity index (χ2n) is 6.65. The first-order valence-electron chi connectivity index (χ1n) is 7.89.